The van der Waals surface area contributed by atoms with Crippen LogP contribution in [0.1, 0.15) is 24.4 Å². The normalized spacial score (nSPS) is 18.7. The van der Waals surface area contributed by atoms with Crippen LogP contribution in [0.4, 0.5) is 4.39 Å². The molecule has 2 N–H and O–H groups in total. The number of benzene rings is 1. The summed E-state index contributed by atoms with van der Waals surface area (Å²) >= 11 is 5.80. The summed E-state index contributed by atoms with van der Waals surface area (Å²) in [4.78, 5) is 0. The van der Waals surface area contributed by atoms with Crippen molar-refractivity contribution in [3.8, 4) is 0 Å². The SMILES string of the molecule is N[C@@H](c1cccc(F)c1Cl)C1CC1. The molecule has 2 rings (SSSR count). The van der Waals surface area contributed by atoms with E-state index in [1.165, 1.54) is 6.07 Å². The Morgan fingerprint density at radius 3 is 2.77 bits per heavy atom. The monoisotopic (exact) mass is 199 g/mol. The second kappa shape index (κ2) is 3.28. The molecule has 1 fully saturated rings. The van der Waals surface area contributed by atoms with Crippen molar-refractivity contribution in [2.75, 3.05) is 0 Å². The average Bonchev–Trinajstić information content (AvgIpc) is 2.91. The van der Waals surface area contributed by atoms with Gasteiger partial charge in [0.15, 0.2) is 0 Å². The molecular weight excluding hydrogens is 189 g/mol. The van der Waals surface area contributed by atoms with Crippen molar-refractivity contribution in [1.82, 2.24) is 0 Å². The molecule has 1 aliphatic rings. The molecule has 0 spiro atoms. The molecule has 0 saturated heterocycles. The maximum absolute atomic E-state index is 13.0. The third-order valence-corrected chi connectivity index (χ3v) is 2.87. The molecule has 0 aromatic heterocycles. The van der Waals surface area contributed by atoms with Crippen molar-refractivity contribution < 1.29 is 4.39 Å². The van der Waals surface area contributed by atoms with E-state index in [1.54, 1.807) is 12.1 Å². The third-order valence-electron chi connectivity index (χ3n) is 2.47. The predicted molar refractivity (Wildman–Crippen MR) is 51.1 cm³/mol. The van der Waals surface area contributed by atoms with Gasteiger partial charge in [0.05, 0.1) is 5.02 Å². The lowest BCUT2D eigenvalue weighted by molar-refractivity contribution is 0.602. The Kier molecular flexibility index (Phi) is 2.26. The highest BCUT2D eigenvalue weighted by atomic mass is 35.5. The average molecular weight is 200 g/mol. The maximum atomic E-state index is 13.0. The van der Waals surface area contributed by atoms with Crippen molar-refractivity contribution in [2.24, 2.45) is 11.7 Å². The van der Waals surface area contributed by atoms with Gasteiger partial charge in [0, 0.05) is 6.04 Å². The van der Waals surface area contributed by atoms with E-state index in [9.17, 15) is 4.39 Å². The number of rotatable bonds is 2. The standard InChI is InChI=1S/C10H11ClFN/c11-9-7(2-1-3-8(9)12)10(13)6-4-5-6/h1-3,6,10H,4-5,13H2/t10-/m1/s1. The van der Waals surface area contributed by atoms with Gasteiger partial charge in [-0.15, -0.1) is 0 Å². The van der Waals surface area contributed by atoms with Gasteiger partial charge >= 0.3 is 0 Å². The number of hydrogen-bond donors (Lipinski definition) is 1. The third kappa shape index (κ3) is 1.69. The molecule has 1 aromatic carbocycles. The summed E-state index contributed by atoms with van der Waals surface area (Å²) in [7, 11) is 0. The van der Waals surface area contributed by atoms with Gasteiger partial charge < -0.3 is 5.73 Å². The van der Waals surface area contributed by atoms with Gasteiger partial charge in [-0.05, 0) is 30.4 Å². The van der Waals surface area contributed by atoms with Crippen molar-refractivity contribution in [3.05, 3.63) is 34.6 Å². The van der Waals surface area contributed by atoms with Crippen LogP contribution in [0.25, 0.3) is 0 Å². The summed E-state index contributed by atoms with van der Waals surface area (Å²) in [6, 6.07) is 4.71. The zero-order chi connectivity index (χ0) is 9.42. The fourth-order valence-electron chi connectivity index (χ4n) is 1.49. The molecule has 1 saturated carbocycles. The zero-order valence-electron chi connectivity index (χ0n) is 7.13. The lowest BCUT2D eigenvalue weighted by Gasteiger charge is -2.12. The first-order valence-corrected chi connectivity index (χ1v) is 4.77. The van der Waals surface area contributed by atoms with E-state index in [2.05, 4.69) is 0 Å². The van der Waals surface area contributed by atoms with Crippen molar-refractivity contribution in [2.45, 2.75) is 18.9 Å². The maximum Gasteiger partial charge on any atom is 0.142 e. The summed E-state index contributed by atoms with van der Waals surface area (Å²) < 4.78 is 13.0. The minimum absolute atomic E-state index is 0.0943. The molecule has 1 nitrogen and oxygen atoms in total. The van der Waals surface area contributed by atoms with E-state index in [4.69, 9.17) is 17.3 Å². The summed E-state index contributed by atoms with van der Waals surface area (Å²) in [5.41, 5.74) is 6.66. The molecule has 1 atom stereocenters. The molecule has 0 bridgehead atoms. The van der Waals surface area contributed by atoms with Crippen molar-refractivity contribution in [3.63, 3.8) is 0 Å². The first-order valence-electron chi connectivity index (χ1n) is 4.39. The van der Waals surface area contributed by atoms with Crippen LogP contribution < -0.4 is 5.73 Å². The molecule has 1 aliphatic carbocycles. The zero-order valence-corrected chi connectivity index (χ0v) is 7.89. The number of halogens is 2. The minimum Gasteiger partial charge on any atom is -0.324 e. The van der Waals surface area contributed by atoms with Gasteiger partial charge in [-0.25, -0.2) is 4.39 Å². The Bertz CT molecular complexity index is 323. The number of nitrogens with two attached hydrogens (primary N) is 1. The molecule has 1 aromatic rings. The van der Waals surface area contributed by atoms with Crippen LogP contribution >= 0.6 is 11.6 Å². The fourth-order valence-corrected chi connectivity index (χ4v) is 1.74. The lowest BCUT2D eigenvalue weighted by Crippen LogP contribution is -2.13. The molecule has 0 heterocycles. The molecule has 0 aliphatic heterocycles. The Morgan fingerprint density at radius 1 is 1.46 bits per heavy atom. The summed E-state index contributed by atoms with van der Waals surface area (Å²) in [6.07, 6.45) is 2.27. The smallest absolute Gasteiger partial charge is 0.142 e. The van der Waals surface area contributed by atoms with Gasteiger partial charge in [0.1, 0.15) is 5.82 Å². The van der Waals surface area contributed by atoms with Crippen LogP contribution in [-0.4, -0.2) is 0 Å². The quantitative estimate of drug-likeness (QED) is 0.779. The molecule has 0 unspecified atom stereocenters. The van der Waals surface area contributed by atoms with Crippen LogP contribution in [0.2, 0.25) is 5.02 Å². The topological polar surface area (TPSA) is 26.0 Å². The highest BCUT2D eigenvalue weighted by Gasteiger charge is 2.31. The van der Waals surface area contributed by atoms with Crippen LogP contribution in [0.15, 0.2) is 18.2 Å². The molecule has 3 heteroatoms. The van der Waals surface area contributed by atoms with E-state index in [0.717, 1.165) is 18.4 Å². The van der Waals surface area contributed by atoms with E-state index in [-0.39, 0.29) is 16.9 Å². The Hall–Kier alpha value is -0.600. The highest BCUT2D eigenvalue weighted by Crippen LogP contribution is 2.41. The van der Waals surface area contributed by atoms with Crippen molar-refractivity contribution >= 4 is 11.6 Å². The van der Waals surface area contributed by atoms with E-state index < -0.39 is 0 Å². The van der Waals surface area contributed by atoms with Crippen LogP contribution in [-0.2, 0) is 0 Å². The second-order valence-corrected chi connectivity index (χ2v) is 3.88. The van der Waals surface area contributed by atoms with E-state index in [0.29, 0.717) is 5.92 Å². The van der Waals surface area contributed by atoms with Crippen LogP contribution in [0.3, 0.4) is 0 Å². The first-order chi connectivity index (χ1) is 6.20. The molecule has 70 valence electrons. The van der Waals surface area contributed by atoms with Crippen LogP contribution in [0, 0.1) is 11.7 Å². The highest BCUT2D eigenvalue weighted by molar-refractivity contribution is 6.31. The van der Waals surface area contributed by atoms with Gasteiger partial charge in [-0.2, -0.15) is 0 Å². The van der Waals surface area contributed by atoms with Gasteiger partial charge in [0.2, 0.25) is 0 Å². The molecule has 0 radical (unpaired) electrons. The predicted octanol–water partition coefficient (Wildman–Crippen LogP) is 2.89. The van der Waals surface area contributed by atoms with Gasteiger partial charge in [-0.3, -0.25) is 0 Å². The Labute approximate surface area is 81.7 Å². The molecule has 0 amide bonds. The summed E-state index contributed by atoms with van der Waals surface area (Å²) in [5, 5.41) is 0.182. The Balaban J connectivity index is 2.32. The molecular formula is C10H11ClFN. The van der Waals surface area contributed by atoms with Crippen LogP contribution in [0.5, 0.6) is 0 Å². The van der Waals surface area contributed by atoms with E-state index in [1.807, 2.05) is 0 Å². The Morgan fingerprint density at radius 2 is 2.15 bits per heavy atom. The minimum atomic E-state index is -0.379. The lowest BCUT2D eigenvalue weighted by atomic mass is 10.0. The van der Waals surface area contributed by atoms with Gasteiger partial charge in [0.25, 0.3) is 0 Å². The summed E-state index contributed by atoms with van der Waals surface area (Å²) in [5.74, 6) is 0.120. The molecule has 13 heavy (non-hydrogen) atoms. The fraction of sp³-hybridized carbons (Fsp3) is 0.400. The van der Waals surface area contributed by atoms with Crippen molar-refractivity contribution in [1.29, 1.82) is 0 Å². The largest absolute Gasteiger partial charge is 0.324 e. The van der Waals surface area contributed by atoms with Gasteiger partial charge in [-0.1, -0.05) is 23.7 Å². The first kappa shape index (κ1) is 8.97. The number of hydrogen-bond acceptors (Lipinski definition) is 1. The van der Waals surface area contributed by atoms with E-state index >= 15 is 0 Å². The second-order valence-electron chi connectivity index (χ2n) is 3.51. The summed E-state index contributed by atoms with van der Waals surface area (Å²) in [6.45, 7) is 0.